The van der Waals surface area contributed by atoms with Gasteiger partial charge in [0.25, 0.3) is 0 Å². The molecule has 0 amide bonds. The fourth-order valence-electron chi connectivity index (χ4n) is 0.595. The van der Waals surface area contributed by atoms with Crippen LogP contribution in [0.15, 0.2) is 25.3 Å². The highest BCUT2D eigenvalue weighted by Gasteiger charge is 1.84. The van der Waals surface area contributed by atoms with Gasteiger partial charge in [-0.2, -0.15) is 0 Å². The maximum absolute atomic E-state index is 7.00. The van der Waals surface area contributed by atoms with Crippen molar-refractivity contribution >= 4 is 0 Å². The molecule has 0 atom stereocenters. The predicted molar refractivity (Wildman–Crippen MR) is 80.5 cm³/mol. The molecular weight excluding hydrogens is 212 g/mol. The first kappa shape index (κ1) is 25.3. The molecule has 2 heteroatoms. The summed E-state index contributed by atoms with van der Waals surface area (Å²) in [6, 6.07) is 0. The Hall–Kier alpha value is -0.600. The molecule has 0 saturated heterocycles. The van der Waals surface area contributed by atoms with Gasteiger partial charge < -0.3 is 9.84 Å². The van der Waals surface area contributed by atoms with Crippen molar-refractivity contribution in [3.05, 3.63) is 25.3 Å². The van der Waals surface area contributed by atoms with Crippen LogP contribution in [0.1, 0.15) is 53.4 Å². The molecule has 17 heavy (non-hydrogen) atoms. The van der Waals surface area contributed by atoms with E-state index in [9.17, 15) is 0 Å². The standard InChI is InChI=1S/C8H18O.2C3H6.CH4O/c1-3-5-7-9-8-6-4-2;2*1-3-2;1-2/h3-8H2,1-2H3;2*3H,1H2,2H3;2H,1H3. The van der Waals surface area contributed by atoms with E-state index in [2.05, 4.69) is 27.0 Å². The molecule has 0 fully saturated rings. The minimum atomic E-state index is 0.955. The molecule has 0 saturated carbocycles. The quantitative estimate of drug-likeness (QED) is 0.548. The first-order valence-electron chi connectivity index (χ1n) is 6.41. The summed E-state index contributed by atoms with van der Waals surface area (Å²) in [4.78, 5) is 0. The number of hydrogen-bond donors (Lipinski definition) is 1. The van der Waals surface area contributed by atoms with Crippen LogP contribution < -0.4 is 0 Å². The second-order valence-corrected chi connectivity index (χ2v) is 3.14. The normalized spacial score (nSPS) is 7.18. The number of aliphatic hydroxyl groups excluding tert-OH is 1. The molecule has 2 nitrogen and oxygen atoms in total. The largest absolute Gasteiger partial charge is 0.400 e. The van der Waals surface area contributed by atoms with Crippen molar-refractivity contribution in [3.8, 4) is 0 Å². The molecule has 106 valence electrons. The zero-order valence-corrected chi connectivity index (χ0v) is 12.7. The van der Waals surface area contributed by atoms with Crippen LogP contribution in [0.3, 0.4) is 0 Å². The zero-order chi connectivity index (χ0) is 14.4. The van der Waals surface area contributed by atoms with Gasteiger partial charge in [0.05, 0.1) is 0 Å². The monoisotopic (exact) mass is 246 g/mol. The number of ether oxygens (including phenoxy) is 1. The molecule has 1 N–H and O–H groups in total. The minimum Gasteiger partial charge on any atom is -0.400 e. The van der Waals surface area contributed by atoms with Crippen LogP contribution in [-0.2, 0) is 4.74 Å². The summed E-state index contributed by atoms with van der Waals surface area (Å²) in [5, 5.41) is 7.00. The summed E-state index contributed by atoms with van der Waals surface area (Å²) >= 11 is 0. The van der Waals surface area contributed by atoms with Crippen LogP contribution >= 0.6 is 0 Å². The van der Waals surface area contributed by atoms with Crippen molar-refractivity contribution in [3.63, 3.8) is 0 Å². The molecule has 0 unspecified atom stereocenters. The number of rotatable bonds is 6. The van der Waals surface area contributed by atoms with Crippen LogP contribution in [0.4, 0.5) is 0 Å². The molecule has 0 spiro atoms. The van der Waals surface area contributed by atoms with E-state index in [-0.39, 0.29) is 0 Å². The van der Waals surface area contributed by atoms with E-state index < -0.39 is 0 Å². The van der Waals surface area contributed by atoms with Gasteiger partial charge in [-0.15, -0.1) is 13.2 Å². The first-order valence-corrected chi connectivity index (χ1v) is 6.41. The molecule has 0 aliphatic carbocycles. The number of allylic oxidation sites excluding steroid dienone is 2. The lowest BCUT2D eigenvalue weighted by Crippen LogP contribution is -1.95. The van der Waals surface area contributed by atoms with Crippen molar-refractivity contribution in [2.45, 2.75) is 53.4 Å². The van der Waals surface area contributed by atoms with E-state index in [4.69, 9.17) is 9.84 Å². The van der Waals surface area contributed by atoms with Crippen LogP contribution in [0.2, 0.25) is 0 Å². The molecule has 0 aromatic rings. The summed E-state index contributed by atoms with van der Waals surface area (Å²) in [5.74, 6) is 0. The number of hydrogen-bond acceptors (Lipinski definition) is 2. The van der Waals surface area contributed by atoms with Gasteiger partial charge >= 0.3 is 0 Å². The average molecular weight is 246 g/mol. The van der Waals surface area contributed by atoms with E-state index in [1.54, 1.807) is 12.2 Å². The maximum atomic E-state index is 7.00. The lowest BCUT2D eigenvalue weighted by atomic mass is 10.3. The summed E-state index contributed by atoms with van der Waals surface area (Å²) in [6.45, 7) is 16.8. The predicted octanol–water partition coefficient (Wildman–Crippen LogP) is 4.60. The summed E-state index contributed by atoms with van der Waals surface area (Å²) in [6.07, 6.45) is 8.41. The minimum absolute atomic E-state index is 0.955. The van der Waals surface area contributed by atoms with E-state index in [0.29, 0.717) is 0 Å². The van der Waals surface area contributed by atoms with Gasteiger partial charge in [0, 0.05) is 20.3 Å². The van der Waals surface area contributed by atoms with Crippen molar-refractivity contribution in [2.24, 2.45) is 0 Å². The van der Waals surface area contributed by atoms with Crippen LogP contribution in [0.5, 0.6) is 0 Å². The second-order valence-electron chi connectivity index (χ2n) is 3.14. The van der Waals surface area contributed by atoms with Crippen LogP contribution in [0.25, 0.3) is 0 Å². The molecule has 0 aliphatic rings. The van der Waals surface area contributed by atoms with E-state index in [0.717, 1.165) is 20.3 Å². The summed E-state index contributed by atoms with van der Waals surface area (Å²) < 4.78 is 5.31. The lowest BCUT2D eigenvalue weighted by Gasteiger charge is -1.99. The first-order chi connectivity index (χ1) is 8.24. The highest BCUT2D eigenvalue weighted by molar-refractivity contribution is 4.52. The summed E-state index contributed by atoms with van der Waals surface area (Å²) in [7, 11) is 1.00. The van der Waals surface area contributed by atoms with Gasteiger partial charge in [0.1, 0.15) is 0 Å². The Bertz CT molecular complexity index is 89.1. The molecule has 0 aromatic carbocycles. The van der Waals surface area contributed by atoms with Gasteiger partial charge in [-0.05, 0) is 26.7 Å². The Morgan fingerprint density at radius 2 is 1.12 bits per heavy atom. The Morgan fingerprint density at radius 1 is 0.882 bits per heavy atom. The topological polar surface area (TPSA) is 29.5 Å². The molecule has 0 bridgehead atoms. The van der Waals surface area contributed by atoms with Crippen molar-refractivity contribution in [1.82, 2.24) is 0 Å². The molecule has 0 aromatic heterocycles. The van der Waals surface area contributed by atoms with Crippen LogP contribution in [0, 0.1) is 0 Å². The third kappa shape index (κ3) is 94.8. The fraction of sp³-hybridized carbons (Fsp3) is 0.733. The maximum Gasteiger partial charge on any atom is 0.0465 e. The number of aliphatic hydroxyl groups is 1. The van der Waals surface area contributed by atoms with Gasteiger partial charge in [-0.25, -0.2) is 0 Å². The third-order valence-electron chi connectivity index (χ3n) is 1.28. The Morgan fingerprint density at radius 3 is 1.29 bits per heavy atom. The van der Waals surface area contributed by atoms with Crippen molar-refractivity contribution < 1.29 is 9.84 Å². The van der Waals surface area contributed by atoms with Gasteiger partial charge in [0.15, 0.2) is 0 Å². The highest BCUT2D eigenvalue weighted by atomic mass is 16.5. The van der Waals surface area contributed by atoms with Gasteiger partial charge in [-0.1, -0.05) is 38.8 Å². The van der Waals surface area contributed by atoms with Crippen LogP contribution in [-0.4, -0.2) is 25.4 Å². The molecule has 0 heterocycles. The smallest absolute Gasteiger partial charge is 0.0465 e. The SMILES string of the molecule is C=CC.C=CC.CCCCOCCCC.CO. The van der Waals surface area contributed by atoms with Gasteiger partial charge in [-0.3, -0.25) is 0 Å². The van der Waals surface area contributed by atoms with Gasteiger partial charge in [0.2, 0.25) is 0 Å². The Balaban J connectivity index is -0.0000000879. The lowest BCUT2D eigenvalue weighted by molar-refractivity contribution is 0.128. The third-order valence-corrected chi connectivity index (χ3v) is 1.28. The second kappa shape index (κ2) is 45.3. The fourth-order valence-corrected chi connectivity index (χ4v) is 0.595. The Kier molecular flexibility index (Phi) is 67.3. The van der Waals surface area contributed by atoms with E-state index in [1.165, 1.54) is 25.7 Å². The molecule has 0 aliphatic heterocycles. The molecule has 0 radical (unpaired) electrons. The molecular formula is C15H34O2. The van der Waals surface area contributed by atoms with Crippen molar-refractivity contribution in [1.29, 1.82) is 0 Å². The summed E-state index contributed by atoms with van der Waals surface area (Å²) in [5.41, 5.74) is 0. The molecule has 0 rings (SSSR count). The van der Waals surface area contributed by atoms with Crippen molar-refractivity contribution in [2.75, 3.05) is 20.3 Å². The number of unbranched alkanes of at least 4 members (excludes halogenated alkanes) is 2. The van der Waals surface area contributed by atoms with E-state index in [1.807, 2.05) is 13.8 Å². The zero-order valence-electron chi connectivity index (χ0n) is 12.7. The van der Waals surface area contributed by atoms with E-state index >= 15 is 0 Å². The average Bonchev–Trinajstić information content (AvgIpc) is 2.34. The highest BCUT2D eigenvalue weighted by Crippen LogP contribution is 1.91. The Labute approximate surface area is 109 Å².